The highest BCUT2D eigenvalue weighted by atomic mass is 32.2. The molecule has 0 bridgehead atoms. The molecule has 1 unspecified atom stereocenters. The van der Waals surface area contributed by atoms with Gasteiger partial charge in [-0.15, -0.1) is 11.8 Å². The molecule has 0 radical (unpaired) electrons. The molecule has 0 saturated carbocycles. The number of nitrogens with one attached hydrogen (secondary N) is 1. The third-order valence-corrected chi connectivity index (χ3v) is 6.39. The Balaban J connectivity index is 1.56. The molecule has 2 heterocycles. The van der Waals surface area contributed by atoms with Crippen LogP contribution in [0.5, 0.6) is 5.75 Å². The van der Waals surface area contributed by atoms with Gasteiger partial charge in [-0.25, -0.2) is 0 Å². The topological polar surface area (TPSA) is 75.0 Å². The summed E-state index contributed by atoms with van der Waals surface area (Å²) in [6.45, 7) is 7.36. The van der Waals surface area contributed by atoms with E-state index in [0.29, 0.717) is 25.6 Å². The van der Waals surface area contributed by atoms with Crippen LogP contribution in [0, 0.1) is 5.92 Å². The molecule has 31 heavy (non-hydrogen) atoms. The molecule has 1 saturated heterocycles. The average molecular weight is 445 g/mol. The number of para-hydroxylation sites is 1. The zero-order valence-corrected chi connectivity index (χ0v) is 19.6. The van der Waals surface area contributed by atoms with Crippen molar-refractivity contribution in [2.75, 3.05) is 50.5 Å². The minimum atomic E-state index is 0.0598. The normalized spacial score (nSPS) is 15.9. The van der Waals surface area contributed by atoms with E-state index in [0.717, 1.165) is 41.1 Å². The molecule has 1 aliphatic heterocycles. The van der Waals surface area contributed by atoms with Crippen molar-refractivity contribution < 1.29 is 9.53 Å². The van der Waals surface area contributed by atoms with Crippen LogP contribution in [0.1, 0.15) is 13.8 Å². The van der Waals surface area contributed by atoms with E-state index in [2.05, 4.69) is 23.4 Å². The lowest BCUT2D eigenvalue weighted by Crippen LogP contribution is -2.55. The summed E-state index contributed by atoms with van der Waals surface area (Å²) < 4.78 is 7.15. The van der Waals surface area contributed by atoms with Crippen LogP contribution in [0.4, 0.5) is 5.69 Å². The lowest BCUT2D eigenvalue weighted by atomic mass is 10.2. The number of anilines is 1. The van der Waals surface area contributed by atoms with Crippen LogP contribution in [0.25, 0.3) is 0 Å². The molecule has 9 heteroatoms. The number of nitrogens with zero attached hydrogens (tertiary/aromatic N) is 5. The van der Waals surface area contributed by atoms with E-state index in [4.69, 9.17) is 9.73 Å². The van der Waals surface area contributed by atoms with Gasteiger partial charge in [0.15, 0.2) is 5.96 Å². The number of benzene rings is 1. The van der Waals surface area contributed by atoms with Gasteiger partial charge in [-0.1, -0.05) is 19.1 Å². The molecule has 0 aliphatic carbocycles. The zero-order valence-electron chi connectivity index (χ0n) is 18.7. The Morgan fingerprint density at radius 2 is 2.16 bits per heavy atom. The maximum absolute atomic E-state index is 12.7. The number of guanidine groups is 1. The molecule has 168 valence electrons. The lowest BCUT2D eigenvalue weighted by molar-refractivity contribution is -0.120. The largest absolute Gasteiger partial charge is 0.496 e. The number of thioether (sulfide) groups is 1. The maximum atomic E-state index is 12.7. The summed E-state index contributed by atoms with van der Waals surface area (Å²) in [7, 11) is 3.55. The first-order valence-corrected chi connectivity index (χ1v) is 11.6. The number of rotatable bonds is 8. The summed E-state index contributed by atoms with van der Waals surface area (Å²) in [4.78, 5) is 22.5. The number of piperazine rings is 1. The van der Waals surface area contributed by atoms with Crippen LogP contribution in [0.15, 0.2) is 46.5 Å². The summed E-state index contributed by atoms with van der Waals surface area (Å²) in [6.07, 6.45) is 3.60. The Labute approximate surface area is 188 Å². The average Bonchev–Trinajstić information content (AvgIpc) is 3.21. The van der Waals surface area contributed by atoms with Crippen molar-refractivity contribution in [2.24, 2.45) is 18.0 Å². The summed E-state index contributed by atoms with van der Waals surface area (Å²) in [5, 5.41) is 7.51. The maximum Gasteiger partial charge on any atom is 0.246 e. The van der Waals surface area contributed by atoms with Crippen molar-refractivity contribution >= 4 is 29.3 Å². The van der Waals surface area contributed by atoms with E-state index in [1.165, 1.54) is 0 Å². The number of hydrogen-bond donors (Lipinski definition) is 1. The fraction of sp³-hybridized carbons (Fsp3) is 0.500. The predicted octanol–water partition coefficient (Wildman–Crippen LogP) is 2.47. The van der Waals surface area contributed by atoms with E-state index in [-0.39, 0.29) is 5.91 Å². The number of carbonyl (C=O) groups excluding carboxylic acids is 1. The van der Waals surface area contributed by atoms with Gasteiger partial charge in [-0.05, 0) is 25.0 Å². The van der Waals surface area contributed by atoms with E-state index < -0.39 is 0 Å². The first-order chi connectivity index (χ1) is 15.0. The van der Waals surface area contributed by atoms with Crippen molar-refractivity contribution in [1.29, 1.82) is 0 Å². The minimum absolute atomic E-state index is 0.0598. The van der Waals surface area contributed by atoms with E-state index >= 15 is 0 Å². The van der Waals surface area contributed by atoms with Crippen LogP contribution in [-0.4, -0.2) is 72.1 Å². The van der Waals surface area contributed by atoms with Crippen LogP contribution in [-0.2, 0) is 11.8 Å². The number of carbonyl (C=O) groups is 1. The Bertz CT molecular complexity index is 900. The minimum Gasteiger partial charge on any atom is -0.496 e. The van der Waals surface area contributed by atoms with Gasteiger partial charge in [-0.2, -0.15) is 5.10 Å². The molecule has 2 aromatic rings. The van der Waals surface area contributed by atoms with Crippen LogP contribution >= 0.6 is 11.8 Å². The molecule has 1 aromatic heterocycles. The highest BCUT2D eigenvalue weighted by Gasteiger charge is 2.27. The second-order valence-corrected chi connectivity index (χ2v) is 8.66. The van der Waals surface area contributed by atoms with Gasteiger partial charge in [0.05, 0.1) is 19.0 Å². The Kier molecular flexibility index (Phi) is 8.22. The van der Waals surface area contributed by atoms with Crippen LogP contribution < -0.4 is 15.0 Å². The number of methoxy groups -OCH3 is 1. The highest BCUT2D eigenvalue weighted by molar-refractivity contribution is 7.99. The van der Waals surface area contributed by atoms with E-state index in [1.807, 2.05) is 43.3 Å². The summed E-state index contributed by atoms with van der Waals surface area (Å²) in [6, 6.07) is 8.07. The fourth-order valence-electron chi connectivity index (χ4n) is 3.37. The van der Waals surface area contributed by atoms with Crippen LogP contribution in [0.2, 0.25) is 0 Å². The van der Waals surface area contributed by atoms with Gasteiger partial charge in [0, 0.05) is 50.1 Å². The van der Waals surface area contributed by atoms with Crippen molar-refractivity contribution in [3.63, 3.8) is 0 Å². The Morgan fingerprint density at radius 1 is 1.35 bits per heavy atom. The molecule has 1 fully saturated rings. The molecule has 0 spiro atoms. The van der Waals surface area contributed by atoms with Gasteiger partial charge < -0.3 is 19.9 Å². The second-order valence-electron chi connectivity index (χ2n) is 7.60. The Hall–Kier alpha value is -2.68. The number of aryl methyl sites for hydroxylation is 1. The first kappa shape index (κ1) is 23.0. The highest BCUT2D eigenvalue weighted by Crippen LogP contribution is 2.30. The Morgan fingerprint density at radius 3 is 2.84 bits per heavy atom. The summed E-state index contributed by atoms with van der Waals surface area (Å²) in [5.74, 6) is 3.09. The van der Waals surface area contributed by atoms with Gasteiger partial charge in [0.25, 0.3) is 0 Å². The number of aromatic nitrogens is 2. The third kappa shape index (κ3) is 6.16. The van der Waals surface area contributed by atoms with Gasteiger partial charge in [0.1, 0.15) is 12.3 Å². The van der Waals surface area contributed by atoms with Crippen molar-refractivity contribution in [2.45, 2.75) is 18.7 Å². The number of ether oxygens (including phenoxy) is 1. The van der Waals surface area contributed by atoms with Crippen LogP contribution in [0.3, 0.4) is 0 Å². The second kappa shape index (κ2) is 11.1. The predicted molar refractivity (Wildman–Crippen MR) is 126 cm³/mol. The number of hydrogen-bond acceptors (Lipinski definition) is 5. The van der Waals surface area contributed by atoms with E-state index in [1.54, 1.807) is 34.7 Å². The molecular weight excluding hydrogens is 412 g/mol. The molecular formula is C22H32N6O2S. The van der Waals surface area contributed by atoms with Gasteiger partial charge >= 0.3 is 0 Å². The van der Waals surface area contributed by atoms with Gasteiger partial charge in [-0.3, -0.25) is 14.5 Å². The molecule has 1 aliphatic rings. The number of aliphatic imine (C=N–C) groups is 1. The number of amides is 1. The summed E-state index contributed by atoms with van der Waals surface area (Å²) in [5.41, 5.74) is 0.844. The fourth-order valence-corrected chi connectivity index (χ4v) is 4.40. The monoisotopic (exact) mass is 444 g/mol. The quantitative estimate of drug-likeness (QED) is 0.383. The molecule has 8 nitrogen and oxygen atoms in total. The smallest absolute Gasteiger partial charge is 0.246 e. The lowest BCUT2D eigenvalue weighted by Gasteiger charge is -2.35. The molecule has 1 atom stereocenters. The third-order valence-electron chi connectivity index (χ3n) is 5.00. The SMILES string of the molecule is CCNC(=NCC(C)CSc1ccccc1OC)N1CCN(c2cnn(C)c2)C(=O)C1. The first-order valence-electron chi connectivity index (χ1n) is 10.6. The van der Waals surface area contributed by atoms with Crippen molar-refractivity contribution in [3.8, 4) is 5.75 Å². The van der Waals surface area contributed by atoms with E-state index in [9.17, 15) is 4.79 Å². The molecule has 1 aromatic carbocycles. The summed E-state index contributed by atoms with van der Waals surface area (Å²) >= 11 is 1.78. The van der Waals surface area contributed by atoms with Crippen molar-refractivity contribution in [1.82, 2.24) is 20.0 Å². The molecule has 1 N–H and O–H groups in total. The zero-order chi connectivity index (χ0) is 22.2. The molecule has 3 rings (SSSR count). The van der Waals surface area contributed by atoms with Gasteiger partial charge in [0.2, 0.25) is 5.91 Å². The standard InChI is InChI=1S/C22H32N6O2S/c1-5-23-22(24-12-17(2)16-31-20-9-7-6-8-19(20)30-4)27-10-11-28(21(29)15-27)18-13-25-26(3)14-18/h6-9,13-14,17H,5,10-12,15-16H2,1-4H3,(H,23,24). The molecule has 1 amide bonds. The van der Waals surface area contributed by atoms with Crippen molar-refractivity contribution in [3.05, 3.63) is 36.7 Å².